The summed E-state index contributed by atoms with van der Waals surface area (Å²) in [5.74, 6) is -0.920. The van der Waals surface area contributed by atoms with Crippen molar-refractivity contribution in [3.63, 3.8) is 0 Å². The van der Waals surface area contributed by atoms with Crippen molar-refractivity contribution in [3.8, 4) is 0 Å². The quantitative estimate of drug-likeness (QED) is 0.661. The number of nitrogens with one attached hydrogen (secondary N) is 2. The Bertz CT molecular complexity index is 513. The van der Waals surface area contributed by atoms with Gasteiger partial charge in [0.15, 0.2) is 0 Å². The van der Waals surface area contributed by atoms with E-state index >= 15 is 0 Å². The van der Waals surface area contributed by atoms with Crippen molar-refractivity contribution < 1.29 is 18.0 Å². The molecule has 2 N–H and O–H groups in total. The van der Waals surface area contributed by atoms with E-state index in [0.29, 0.717) is 6.42 Å². The number of aromatic nitrogens is 2. The zero-order valence-electron chi connectivity index (χ0n) is 9.89. The second-order valence-electron chi connectivity index (χ2n) is 4.34. The molecule has 1 saturated carbocycles. The smallest absolute Gasteiger partial charge is 0.286 e. The Labute approximate surface area is 121 Å². The number of carbonyl (C=O) groups is 1. The van der Waals surface area contributed by atoms with E-state index in [9.17, 15) is 18.0 Å². The zero-order chi connectivity index (χ0) is 15.0. The zero-order valence-corrected chi connectivity index (χ0v) is 11.4. The van der Waals surface area contributed by atoms with E-state index < -0.39 is 17.6 Å². The summed E-state index contributed by atoms with van der Waals surface area (Å²) in [5.41, 5.74) is 1.62. The molecule has 1 amide bonds. The summed E-state index contributed by atoms with van der Waals surface area (Å²) in [5, 5.41) is -0.474. The molecule has 0 spiro atoms. The molecule has 1 aliphatic rings. The molecule has 1 aliphatic carbocycles. The topological polar surface area (TPSA) is 66.9 Å². The highest BCUT2D eigenvalue weighted by Gasteiger charge is 2.58. The van der Waals surface area contributed by atoms with Gasteiger partial charge in [0.25, 0.3) is 5.91 Å². The van der Waals surface area contributed by atoms with Crippen molar-refractivity contribution in [2.24, 2.45) is 0 Å². The Morgan fingerprint density at radius 1 is 1.25 bits per heavy atom. The van der Waals surface area contributed by atoms with Crippen molar-refractivity contribution >= 4 is 29.1 Å². The van der Waals surface area contributed by atoms with Gasteiger partial charge in [-0.2, -0.15) is 13.2 Å². The predicted octanol–water partition coefficient (Wildman–Crippen LogP) is 2.50. The third-order valence-electron chi connectivity index (χ3n) is 3.15. The van der Waals surface area contributed by atoms with Gasteiger partial charge in [-0.3, -0.25) is 10.2 Å². The molecule has 0 radical (unpaired) electrons. The number of halogens is 5. The van der Waals surface area contributed by atoms with Crippen molar-refractivity contribution in [1.29, 1.82) is 0 Å². The van der Waals surface area contributed by atoms with Gasteiger partial charge in [0, 0.05) is 0 Å². The van der Waals surface area contributed by atoms with Crippen LogP contribution in [0.5, 0.6) is 0 Å². The van der Waals surface area contributed by atoms with E-state index in [1.54, 1.807) is 0 Å². The number of hydrogen-bond donors (Lipinski definition) is 2. The fourth-order valence-corrected chi connectivity index (χ4v) is 2.27. The molecule has 110 valence electrons. The maximum absolute atomic E-state index is 12.9. The standard InChI is InChI=1S/C10H9Cl2F3N4O/c11-6-5(7(12)17-4-16-6)8(20)18-19-9(2-1-3-9)10(13,14)15/h4,19H,1-3H2,(H,18,20). The third kappa shape index (κ3) is 2.68. The molecule has 1 fully saturated rings. The normalized spacial score (nSPS) is 17.4. The maximum atomic E-state index is 12.9. The van der Waals surface area contributed by atoms with E-state index in [1.165, 1.54) is 0 Å². The fraction of sp³-hybridized carbons (Fsp3) is 0.500. The molecule has 0 bridgehead atoms. The van der Waals surface area contributed by atoms with Crippen LogP contribution in [0.2, 0.25) is 10.3 Å². The molecule has 0 aromatic carbocycles. The van der Waals surface area contributed by atoms with Gasteiger partial charge in [0.2, 0.25) is 0 Å². The molecular formula is C10H9Cl2F3N4O. The SMILES string of the molecule is O=C(NNC1(C(F)(F)F)CCC1)c1c(Cl)ncnc1Cl. The van der Waals surface area contributed by atoms with Crippen LogP contribution < -0.4 is 10.9 Å². The van der Waals surface area contributed by atoms with E-state index in [2.05, 4.69) is 9.97 Å². The summed E-state index contributed by atoms with van der Waals surface area (Å²) >= 11 is 11.3. The van der Waals surface area contributed by atoms with Crippen LogP contribution in [0, 0.1) is 0 Å². The lowest BCUT2D eigenvalue weighted by Gasteiger charge is -2.43. The van der Waals surface area contributed by atoms with Gasteiger partial charge >= 0.3 is 6.18 Å². The van der Waals surface area contributed by atoms with E-state index in [1.807, 2.05) is 10.9 Å². The van der Waals surface area contributed by atoms with Gasteiger partial charge < -0.3 is 0 Å². The monoisotopic (exact) mass is 328 g/mol. The Hall–Kier alpha value is -1.12. The number of alkyl halides is 3. The highest BCUT2D eigenvalue weighted by atomic mass is 35.5. The summed E-state index contributed by atoms with van der Waals surface area (Å²) < 4.78 is 38.6. The summed E-state index contributed by atoms with van der Waals surface area (Å²) in [6, 6.07) is 0. The van der Waals surface area contributed by atoms with Crippen LogP contribution in [0.1, 0.15) is 29.6 Å². The molecular weight excluding hydrogens is 320 g/mol. The lowest BCUT2D eigenvalue weighted by Crippen LogP contribution is -2.66. The van der Waals surface area contributed by atoms with Crippen molar-refractivity contribution in [2.75, 3.05) is 0 Å². The highest BCUT2D eigenvalue weighted by Crippen LogP contribution is 2.44. The van der Waals surface area contributed by atoms with E-state index in [0.717, 1.165) is 6.33 Å². The third-order valence-corrected chi connectivity index (χ3v) is 3.72. The first-order valence-corrected chi connectivity index (χ1v) is 6.33. The minimum Gasteiger partial charge on any atom is -0.286 e. The molecule has 10 heteroatoms. The average molecular weight is 329 g/mol. The Morgan fingerprint density at radius 3 is 2.20 bits per heavy atom. The van der Waals surface area contributed by atoms with Gasteiger partial charge in [-0.25, -0.2) is 15.4 Å². The first-order chi connectivity index (χ1) is 9.27. The summed E-state index contributed by atoms with van der Waals surface area (Å²) in [7, 11) is 0. The molecule has 1 aromatic heterocycles. The second kappa shape index (κ2) is 5.34. The molecule has 2 rings (SSSR count). The summed E-state index contributed by atoms with van der Waals surface area (Å²) in [4.78, 5) is 18.9. The molecule has 0 saturated heterocycles. The van der Waals surface area contributed by atoms with Gasteiger partial charge in [-0.15, -0.1) is 0 Å². The van der Waals surface area contributed by atoms with E-state index in [4.69, 9.17) is 23.2 Å². The molecule has 0 unspecified atom stereocenters. The van der Waals surface area contributed by atoms with Gasteiger partial charge in [-0.05, 0) is 19.3 Å². The molecule has 20 heavy (non-hydrogen) atoms. The minimum atomic E-state index is -4.46. The van der Waals surface area contributed by atoms with Crippen LogP contribution in [0.4, 0.5) is 13.2 Å². The Balaban J connectivity index is 2.10. The highest BCUT2D eigenvalue weighted by molar-refractivity contribution is 6.38. The van der Waals surface area contributed by atoms with Crippen molar-refractivity contribution in [2.45, 2.75) is 31.0 Å². The Morgan fingerprint density at radius 2 is 1.80 bits per heavy atom. The van der Waals surface area contributed by atoms with Crippen molar-refractivity contribution in [1.82, 2.24) is 20.8 Å². The van der Waals surface area contributed by atoms with Gasteiger partial charge in [0.1, 0.15) is 27.7 Å². The molecule has 5 nitrogen and oxygen atoms in total. The molecule has 0 atom stereocenters. The lowest BCUT2D eigenvalue weighted by atomic mass is 9.77. The largest absolute Gasteiger partial charge is 0.408 e. The first kappa shape index (κ1) is 15.3. The van der Waals surface area contributed by atoms with E-state index in [-0.39, 0.29) is 28.7 Å². The number of nitrogens with zero attached hydrogens (tertiary/aromatic N) is 2. The predicted molar refractivity (Wildman–Crippen MR) is 65.3 cm³/mol. The number of hydrogen-bond acceptors (Lipinski definition) is 4. The van der Waals surface area contributed by atoms with Gasteiger partial charge in [0.05, 0.1) is 0 Å². The van der Waals surface area contributed by atoms with Crippen LogP contribution in [-0.4, -0.2) is 27.6 Å². The number of carbonyl (C=O) groups excluding carboxylic acids is 1. The molecule has 1 aromatic rings. The second-order valence-corrected chi connectivity index (χ2v) is 5.06. The number of hydrazine groups is 1. The van der Waals surface area contributed by atoms with Gasteiger partial charge in [-0.1, -0.05) is 23.2 Å². The average Bonchev–Trinajstić information content (AvgIpc) is 2.25. The van der Waals surface area contributed by atoms with Crippen LogP contribution in [-0.2, 0) is 0 Å². The maximum Gasteiger partial charge on any atom is 0.408 e. The molecule has 0 aliphatic heterocycles. The first-order valence-electron chi connectivity index (χ1n) is 5.57. The summed E-state index contributed by atoms with van der Waals surface area (Å²) in [6.07, 6.45) is -3.21. The van der Waals surface area contributed by atoms with Crippen LogP contribution in [0.15, 0.2) is 6.33 Å². The van der Waals surface area contributed by atoms with Crippen molar-refractivity contribution in [3.05, 3.63) is 22.2 Å². The number of amides is 1. The lowest BCUT2D eigenvalue weighted by molar-refractivity contribution is -0.221. The molecule has 1 heterocycles. The minimum absolute atomic E-state index is 0.108. The van der Waals surface area contributed by atoms with Crippen LogP contribution in [0.25, 0.3) is 0 Å². The fourth-order valence-electron chi connectivity index (χ4n) is 1.78. The van der Waals surface area contributed by atoms with Crippen LogP contribution >= 0.6 is 23.2 Å². The van der Waals surface area contributed by atoms with Crippen LogP contribution in [0.3, 0.4) is 0 Å². The number of rotatable bonds is 3. The Kier molecular flexibility index (Phi) is 4.08. The summed E-state index contributed by atoms with van der Waals surface area (Å²) in [6.45, 7) is 0.